The van der Waals surface area contributed by atoms with E-state index in [1.807, 2.05) is 45.0 Å². The molecule has 2 aromatic rings. The first-order valence-corrected chi connectivity index (χ1v) is 8.63. The third kappa shape index (κ3) is 4.86. The molecule has 2 amide bonds. The second kappa shape index (κ2) is 8.01. The summed E-state index contributed by atoms with van der Waals surface area (Å²) in [6, 6.07) is 9.39. The van der Waals surface area contributed by atoms with Crippen LogP contribution in [-0.2, 0) is 9.59 Å². The number of nitrogens with zero attached hydrogens (tertiary/aromatic N) is 2. The number of thioether (sulfide) groups is 1. The van der Waals surface area contributed by atoms with Gasteiger partial charge in [0, 0.05) is 29.6 Å². The highest BCUT2D eigenvalue weighted by atomic mass is 32.2. The first-order valence-electron chi connectivity index (χ1n) is 7.75. The molecule has 0 radical (unpaired) electrons. The minimum absolute atomic E-state index is 0.0756. The number of carbonyl (C=O) groups is 2. The van der Waals surface area contributed by atoms with Gasteiger partial charge in [-0.05, 0) is 45.0 Å². The van der Waals surface area contributed by atoms with Gasteiger partial charge in [0.1, 0.15) is 5.82 Å². The smallest absolute Gasteiger partial charge is 0.238 e. The van der Waals surface area contributed by atoms with Crippen LogP contribution in [0.25, 0.3) is 0 Å². The Morgan fingerprint density at radius 2 is 1.75 bits per heavy atom. The van der Waals surface area contributed by atoms with Gasteiger partial charge in [-0.2, -0.15) is 5.10 Å². The van der Waals surface area contributed by atoms with Gasteiger partial charge in [0.2, 0.25) is 11.8 Å². The molecule has 0 aliphatic carbocycles. The lowest BCUT2D eigenvalue weighted by Gasteiger charge is -2.15. The van der Waals surface area contributed by atoms with Crippen LogP contribution in [0.15, 0.2) is 41.4 Å². The Labute approximate surface area is 146 Å². The third-order valence-electron chi connectivity index (χ3n) is 3.27. The zero-order valence-electron chi connectivity index (χ0n) is 14.2. The van der Waals surface area contributed by atoms with Gasteiger partial charge in [0.15, 0.2) is 0 Å². The summed E-state index contributed by atoms with van der Waals surface area (Å²) in [6.45, 7) is 7.35. The number of hydrogen-bond donors (Lipinski definition) is 2. The average Bonchev–Trinajstić information content (AvgIpc) is 2.97. The number of amides is 2. The van der Waals surface area contributed by atoms with Crippen LogP contribution in [0.2, 0.25) is 0 Å². The monoisotopic (exact) mass is 346 g/mol. The van der Waals surface area contributed by atoms with Gasteiger partial charge in [0.25, 0.3) is 0 Å². The van der Waals surface area contributed by atoms with Crippen molar-refractivity contribution in [2.45, 2.75) is 43.9 Å². The number of nitrogens with one attached hydrogen (secondary N) is 2. The molecular weight excluding hydrogens is 324 g/mol. The zero-order chi connectivity index (χ0) is 17.7. The summed E-state index contributed by atoms with van der Waals surface area (Å²) in [4.78, 5) is 24.3. The van der Waals surface area contributed by atoms with Gasteiger partial charge in [0.05, 0.1) is 11.4 Å². The number of hydrogen-bond acceptors (Lipinski definition) is 4. The maximum absolute atomic E-state index is 12.4. The Morgan fingerprint density at radius 3 is 2.33 bits per heavy atom. The number of rotatable bonds is 6. The molecule has 7 heteroatoms. The summed E-state index contributed by atoms with van der Waals surface area (Å²) in [5.41, 5.74) is 0.741. The molecule has 1 heterocycles. The van der Waals surface area contributed by atoms with Crippen LogP contribution in [-0.4, -0.2) is 26.8 Å². The lowest BCUT2D eigenvalue weighted by molar-refractivity contribution is -0.115. The van der Waals surface area contributed by atoms with Gasteiger partial charge >= 0.3 is 0 Å². The molecule has 0 spiro atoms. The van der Waals surface area contributed by atoms with E-state index in [0.717, 1.165) is 10.6 Å². The van der Waals surface area contributed by atoms with Crippen LogP contribution < -0.4 is 10.6 Å². The molecular formula is C17H22N4O2S. The molecule has 1 atom stereocenters. The lowest BCUT2D eigenvalue weighted by Crippen LogP contribution is -2.24. The molecule has 0 saturated carbocycles. The molecule has 6 nitrogen and oxygen atoms in total. The minimum atomic E-state index is -0.257. The Bertz CT molecular complexity index is 710. The highest BCUT2D eigenvalue weighted by Crippen LogP contribution is 2.26. The number of carbonyl (C=O) groups excluding carboxylic acids is 2. The van der Waals surface area contributed by atoms with E-state index < -0.39 is 0 Å². The van der Waals surface area contributed by atoms with Crippen LogP contribution in [0.1, 0.15) is 33.7 Å². The van der Waals surface area contributed by atoms with Crippen molar-refractivity contribution in [1.82, 2.24) is 9.78 Å². The summed E-state index contributed by atoms with van der Waals surface area (Å²) in [5, 5.41) is 9.58. The lowest BCUT2D eigenvalue weighted by atomic mass is 10.3. The Hall–Kier alpha value is -2.28. The molecule has 1 aromatic heterocycles. The Morgan fingerprint density at radius 1 is 1.08 bits per heavy atom. The summed E-state index contributed by atoms with van der Waals surface area (Å²) in [6.07, 6.45) is 1.67. The van der Waals surface area contributed by atoms with E-state index >= 15 is 0 Å². The molecule has 0 saturated heterocycles. The summed E-state index contributed by atoms with van der Waals surface area (Å²) in [5.74, 6) is 0.515. The van der Waals surface area contributed by atoms with Crippen molar-refractivity contribution >= 4 is 35.1 Å². The predicted octanol–water partition coefficient (Wildman–Crippen LogP) is 3.54. The fourth-order valence-electron chi connectivity index (χ4n) is 2.13. The number of benzene rings is 1. The van der Waals surface area contributed by atoms with Gasteiger partial charge in [-0.1, -0.05) is 0 Å². The summed E-state index contributed by atoms with van der Waals surface area (Å²) >= 11 is 1.46. The molecule has 0 aliphatic heterocycles. The molecule has 0 bridgehead atoms. The maximum Gasteiger partial charge on any atom is 0.238 e. The van der Waals surface area contributed by atoms with E-state index in [-0.39, 0.29) is 23.1 Å². The van der Waals surface area contributed by atoms with Gasteiger partial charge in [-0.15, -0.1) is 11.8 Å². The second-order valence-corrected chi connectivity index (χ2v) is 7.12. The van der Waals surface area contributed by atoms with Gasteiger partial charge in [-0.25, -0.2) is 4.68 Å². The quantitative estimate of drug-likeness (QED) is 0.785. The molecule has 0 unspecified atom stereocenters. The molecule has 1 aromatic carbocycles. The van der Waals surface area contributed by atoms with E-state index in [2.05, 4.69) is 15.7 Å². The molecule has 2 rings (SSSR count). The SMILES string of the molecule is CC(=O)Nc1ccc(S[C@@H](C)C(=O)Nc2ccnn2C(C)C)cc1. The predicted molar refractivity (Wildman–Crippen MR) is 97.3 cm³/mol. The molecule has 2 N–H and O–H groups in total. The van der Waals surface area contributed by atoms with Crippen molar-refractivity contribution in [3.05, 3.63) is 36.5 Å². The van der Waals surface area contributed by atoms with Crippen molar-refractivity contribution in [3.63, 3.8) is 0 Å². The van der Waals surface area contributed by atoms with Crippen LogP contribution in [0.4, 0.5) is 11.5 Å². The molecule has 0 fully saturated rings. The summed E-state index contributed by atoms with van der Waals surface area (Å²) < 4.78 is 1.78. The van der Waals surface area contributed by atoms with Crippen LogP contribution in [0, 0.1) is 0 Å². The van der Waals surface area contributed by atoms with E-state index in [0.29, 0.717) is 5.82 Å². The molecule has 0 aliphatic rings. The van der Waals surface area contributed by atoms with Crippen molar-refractivity contribution < 1.29 is 9.59 Å². The van der Waals surface area contributed by atoms with Crippen LogP contribution in [0.5, 0.6) is 0 Å². The standard InChI is InChI=1S/C17H22N4O2S/c1-11(2)21-16(9-10-18-21)20-17(23)12(3)24-15-7-5-14(6-8-15)19-13(4)22/h5-12H,1-4H3,(H,19,22)(H,20,23)/t12-/m0/s1. The first-order chi connectivity index (χ1) is 11.4. The fourth-order valence-corrected chi connectivity index (χ4v) is 3.00. The van der Waals surface area contributed by atoms with E-state index in [4.69, 9.17) is 0 Å². The number of anilines is 2. The highest BCUT2D eigenvalue weighted by Gasteiger charge is 2.17. The van der Waals surface area contributed by atoms with Crippen molar-refractivity contribution in [2.24, 2.45) is 0 Å². The normalized spacial score (nSPS) is 12.0. The first kappa shape index (κ1) is 18.1. The maximum atomic E-state index is 12.4. The number of aromatic nitrogens is 2. The van der Waals surface area contributed by atoms with Gasteiger partial charge in [-0.3, -0.25) is 9.59 Å². The largest absolute Gasteiger partial charge is 0.326 e. The van der Waals surface area contributed by atoms with Gasteiger partial charge < -0.3 is 10.6 Å². The summed E-state index contributed by atoms with van der Waals surface area (Å²) in [7, 11) is 0. The third-order valence-corrected chi connectivity index (χ3v) is 4.38. The van der Waals surface area contributed by atoms with E-state index in [1.165, 1.54) is 18.7 Å². The Kier molecular flexibility index (Phi) is 6.03. The topological polar surface area (TPSA) is 76.0 Å². The van der Waals surface area contributed by atoms with Crippen LogP contribution >= 0.6 is 11.8 Å². The van der Waals surface area contributed by atoms with Crippen molar-refractivity contribution in [2.75, 3.05) is 10.6 Å². The average molecular weight is 346 g/mol. The zero-order valence-corrected chi connectivity index (χ0v) is 15.1. The fraction of sp³-hybridized carbons (Fsp3) is 0.353. The minimum Gasteiger partial charge on any atom is -0.326 e. The second-order valence-electron chi connectivity index (χ2n) is 5.71. The van der Waals surface area contributed by atoms with E-state index in [1.54, 1.807) is 16.9 Å². The van der Waals surface area contributed by atoms with Crippen molar-refractivity contribution in [1.29, 1.82) is 0 Å². The van der Waals surface area contributed by atoms with E-state index in [9.17, 15) is 9.59 Å². The highest BCUT2D eigenvalue weighted by molar-refractivity contribution is 8.00. The van der Waals surface area contributed by atoms with Crippen LogP contribution in [0.3, 0.4) is 0 Å². The molecule has 128 valence electrons. The molecule has 24 heavy (non-hydrogen) atoms. The Balaban J connectivity index is 1.96. The van der Waals surface area contributed by atoms with Crippen molar-refractivity contribution in [3.8, 4) is 0 Å².